The summed E-state index contributed by atoms with van der Waals surface area (Å²) < 4.78 is 37.4. The Labute approximate surface area is 157 Å². The summed E-state index contributed by atoms with van der Waals surface area (Å²) in [5.41, 5.74) is 1.61. The van der Waals surface area contributed by atoms with E-state index in [1.54, 1.807) is 24.3 Å². The van der Waals surface area contributed by atoms with Crippen LogP contribution in [-0.2, 0) is 10.0 Å². The summed E-state index contributed by atoms with van der Waals surface area (Å²) in [6.07, 6.45) is 0. The number of ether oxygens (including phenoxy) is 1. The van der Waals surface area contributed by atoms with Crippen molar-refractivity contribution < 1.29 is 17.6 Å². The zero-order chi connectivity index (χ0) is 19.6. The summed E-state index contributed by atoms with van der Waals surface area (Å²) in [6.45, 7) is 1.95. The lowest BCUT2D eigenvalue weighted by Gasteiger charge is -2.16. The maximum absolute atomic E-state index is 12.9. The molecule has 0 N–H and O–H groups in total. The average Bonchev–Trinajstić information content (AvgIpc) is 3.12. The zero-order valence-electron chi connectivity index (χ0n) is 15.0. The predicted octanol–water partition coefficient (Wildman–Crippen LogP) is 3.36. The summed E-state index contributed by atoms with van der Waals surface area (Å²) in [5.74, 6) is 0.581. The van der Waals surface area contributed by atoms with Crippen LogP contribution in [0.15, 0.2) is 57.8 Å². The topological polar surface area (TPSA) is 96.4 Å². The van der Waals surface area contributed by atoms with Crippen molar-refractivity contribution in [3.05, 3.63) is 59.8 Å². The Bertz CT molecular complexity index is 1100. The summed E-state index contributed by atoms with van der Waals surface area (Å²) in [4.78, 5) is 4.17. The molecule has 0 amide bonds. The number of hydrogen-bond acceptors (Lipinski definition) is 6. The predicted molar refractivity (Wildman–Crippen MR) is 100.0 cm³/mol. The second-order valence-corrected chi connectivity index (χ2v) is 7.77. The summed E-state index contributed by atoms with van der Waals surface area (Å²) in [5, 5.41) is 9.37. The lowest BCUT2D eigenvalue weighted by Crippen LogP contribution is -2.26. The number of rotatable bonds is 5. The summed E-state index contributed by atoms with van der Waals surface area (Å²) in [6, 6.07) is 15.2. The third-order valence-electron chi connectivity index (χ3n) is 4.02. The van der Waals surface area contributed by atoms with Crippen LogP contribution in [0, 0.1) is 18.3 Å². The number of nitriles is 1. The normalized spacial score (nSPS) is 11.0. The van der Waals surface area contributed by atoms with Gasteiger partial charge in [0.2, 0.25) is 17.5 Å². The molecule has 0 aliphatic carbocycles. The van der Waals surface area contributed by atoms with Crippen LogP contribution in [-0.4, -0.2) is 27.6 Å². The zero-order valence-corrected chi connectivity index (χ0v) is 15.8. The standard InChI is InChI=1S/C19H17N3O4S/c1-13-4-6-14(7-5-13)18-21-17(12-20)19(26-18)22(2)27(23,24)16-10-8-15(25-3)9-11-16/h4-11H,1-3H3. The highest BCUT2D eigenvalue weighted by molar-refractivity contribution is 7.92. The van der Waals surface area contributed by atoms with Gasteiger partial charge in [-0.3, -0.25) is 0 Å². The molecule has 0 aliphatic rings. The van der Waals surface area contributed by atoms with Crippen LogP contribution in [0.1, 0.15) is 11.3 Å². The van der Waals surface area contributed by atoms with Crippen LogP contribution in [0.2, 0.25) is 0 Å². The lowest BCUT2D eigenvalue weighted by atomic mass is 10.1. The quantitative estimate of drug-likeness (QED) is 0.670. The molecule has 1 heterocycles. The van der Waals surface area contributed by atoms with E-state index in [4.69, 9.17) is 9.15 Å². The number of aryl methyl sites for hydroxylation is 1. The number of anilines is 1. The second kappa shape index (κ2) is 7.13. The highest BCUT2D eigenvalue weighted by Crippen LogP contribution is 2.31. The van der Waals surface area contributed by atoms with Gasteiger partial charge in [0.1, 0.15) is 11.8 Å². The Morgan fingerprint density at radius 2 is 1.74 bits per heavy atom. The number of sulfonamides is 1. The molecule has 0 bridgehead atoms. The Morgan fingerprint density at radius 3 is 2.30 bits per heavy atom. The Balaban J connectivity index is 2.01. The van der Waals surface area contributed by atoms with Crippen LogP contribution < -0.4 is 9.04 Å². The number of nitrogens with zero attached hydrogens (tertiary/aromatic N) is 3. The van der Waals surface area contributed by atoms with Gasteiger partial charge < -0.3 is 9.15 Å². The molecule has 0 aliphatic heterocycles. The second-order valence-electron chi connectivity index (χ2n) is 5.80. The third-order valence-corrected chi connectivity index (χ3v) is 5.77. The van der Waals surface area contributed by atoms with E-state index in [1.807, 2.05) is 25.1 Å². The minimum Gasteiger partial charge on any atom is -0.497 e. The molecule has 0 spiro atoms. The Morgan fingerprint density at radius 1 is 1.11 bits per heavy atom. The molecule has 2 aromatic carbocycles. The molecule has 0 saturated heterocycles. The summed E-state index contributed by atoms with van der Waals surface area (Å²) >= 11 is 0. The van der Waals surface area contributed by atoms with E-state index in [0.717, 1.165) is 9.87 Å². The first-order valence-electron chi connectivity index (χ1n) is 7.98. The maximum atomic E-state index is 12.9. The molecule has 0 atom stereocenters. The number of benzene rings is 2. The van der Waals surface area contributed by atoms with Gasteiger partial charge in [0, 0.05) is 12.6 Å². The van der Waals surface area contributed by atoms with E-state index in [1.165, 1.54) is 26.3 Å². The number of methoxy groups -OCH3 is 1. The highest BCUT2D eigenvalue weighted by atomic mass is 32.2. The van der Waals surface area contributed by atoms with Crippen molar-refractivity contribution in [1.82, 2.24) is 4.98 Å². The molecule has 7 nitrogen and oxygen atoms in total. The van der Waals surface area contributed by atoms with E-state index >= 15 is 0 Å². The molecule has 8 heteroatoms. The van der Waals surface area contributed by atoms with E-state index < -0.39 is 10.0 Å². The van der Waals surface area contributed by atoms with Crippen molar-refractivity contribution in [3.8, 4) is 23.3 Å². The molecule has 0 saturated carbocycles. The Hall–Kier alpha value is -3.31. The van der Waals surface area contributed by atoms with E-state index in [0.29, 0.717) is 11.3 Å². The fraction of sp³-hybridized carbons (Fsp3) is 0.158. The molecule has 3 aromatic rings. The number of hydrogen-bond donors (Lipinski definition) is 0. The lowest BCUT2D eigenvalue weighted by molar-refractivity contribution is 0.414. The molecule has 1 aromatic heterocycles. The van der Waals surface area contributed by atoms with Crippen molar-refractivity contribution in [2.75, 3.05) is 18.5 Å². The first kappa shape index (κ1) is 18.5. The van der Waals surface area contributed by atoms with Crippen LogP contribution >= 0.6 is 0 Å². The first-order chi connectivity index (χ1) is 12.9. The number of oxazole rings is 1. The van der Waals surface area contributed by atoms with Crippen LogP contribution in [0.3, 0.4) is 0 Å². The van der Waals surface area contributed by atoms with Gasteiger partial charge in [-0.2, -0.15) is 10.2 Å². The SMILES string of the molecule is COc1ccc(S(=O)(=O)N(C)c2oc(-c3ccc(C)cc3)nc2C#N)cc1. The van der Waals surface area contributed by atoms with Crippen molar-refractivity contribution in [1.29, 1.82) is 5.26 Å². The first-order valence-corrected chi connectivity index (χ1v) is 9.42. The fourth-order valence-electron chi connectivity index (χ4n) is 2.43. The largest absolute Gasteiger partial charge is 0.497 e. The van der Waals surface area contributed by atoms with Crippen LogP contribution in [0.4, 0.5) is 5.88 Å². The molecule has 138 valence electrons. The van der Waals surface area contributed by atoms with Gasteiger partial charge in [-0.1, -0.05) is 17.7 Å². The fourth-order valence-corrected chi connectivity index (χ4v) is 3.57. The van der Waals surface area contributed by atoms with Crippen molar-refractivity contribution >= 4 is 15.9 Å². The molecular weight excluding hydrogens is 366 g/mol. The average molecular weight is 383 g/mol. The summed E-state index contributed by atoms with van der Waals surface area (Å²) in [7, 11) is -1.12. The van der Waals surface area contributed by atoms with Gasteiger partial charge in [0.15, 0.2) is 0 Å². The molecule has 27 heavy (non-hydrogen) atoms. The van der Waals surface area contributed by atoms with E-state index in [-0.39, 0.29) is 22.4 Å². The van der Waals surface area contributed by atoms with Gasteiger partial charge in [0.05, 0.1) is 12.0 Å². The van der Waals surface area contributed by atoms with Gasteiger partial charge in [-0.15, -0.1) is 0 Å². The van der Waals surface area contributed by atoms with Crippen molar-refractivity contribution in [2.45, 2.75) is 11.8 Å². The van der Waals surface area contributed by atoms with Gasteiger partial charge >= 0.3 is 0 Å². The van der Waals surface area contributed by atoms with Gasteiger partial charge in [-0.05, 0) is 43.3 Å². The smallest absolute Gasteiger partial charge is 0.266 e. The van der Waals surface area contributed by atoms with E-state index in [2.05, 4.69) is 4.98 Å². The molecular formula is C19H17N3O4S. The van der Waals surface area contributed by atoms with Crippen LogP contribution in [0.25, 0.3) is 11.5 Å². The van der Waals surface area contributed by atoms with Crippen molar-refractivity contribution in [2.24, 2.45) is 0 Å². The monoisotopic (exact) mass is 383 g/mol. The Kier molecular flexibility index (Phi) is 4.88. The third kappa shape index (κ3) is 3.50. The van der Waals surface area contributed by atoms with Gasteiger partial charge in [-0.25, -0.2) is 12.7 Å². The van der Waals surface area contributed by atoms with E-state index in [9.17, 15) is 13.7 Å². The van der Waals surface area contributed by atoms with Crippen molar-refractivity contribution in [3.63, 3.8) is 0 Å². The number of aromatic nitrogens is 1. The molecule has 3 rings (SSSR count). The van der Waals surface area contributed by atoms with Gasteiger partial charge in [0.25, 0.3) is 10.0 Å². The van der Waals surface area contributed by atoms with Crippen LogP contribution in [0.5, 0.6) is 5.75 Å². The highest BCUT2D eigenvalue weighted by Gasteiger charge is 2.28. The molecule has 0 radical (unpaired) electrons. The maximum Gasteiger partial charge on any atom is 0.266 e. The molecule has 0 fully saturated rings. The minimum absolute atomic E-state index is 0.0444. The minimum atomic E-state index is -3.93. The molecule has 0 unspecified atom stereocenters.